The summed E-state index contributed by atoms with van der Waals surface area (Å²) in [5, 5.41) is 9.37. The number of fused-ring (bicyclic) bond motifs is 1. The molecule has 1 aliphatic carbocycles. The summed E-state index contributed by atoms with van der Waals surface area (Å²) >= 11 is 0. The van der Waals surface area contributed by atoms with Gasteiger partial charge in [-0.1, -0.05) is 25.2 Å². The molecule has 1 unspecified atom stereocenters. The predicted octanol–water partition coefficient (Wildman–Crippen LogP) is 2.60. The fourth-order valence-electron chi connectivity index (χ4n) is 2.88. The van der Waals surface area contributed by atoms with Crippen LogP contribution in [0.5, 0.6) is 0 Å². The van der Waals surface area contributed by atoms with Gasteiger partial charge in [0.1, 0.15) is 6.10 Å². The van der Waals surface area contributed by atoms with E-state index in [0.717, 1.165) is 25.7 Å². The summed E-state index contributed by atoms with van der Waals surface area (Å²) in [6.07, 6.45) is 5.42. The Morgan fingerprint density at radius 1 is 1.61 bits per heavy atom. The molecule has 1 heterocycles. The predicted molar refractivity (Wildman–Crippen MR) is 69.9 cm³/mol. The minimum absolute atomic E-state index is 0.000278. The molecule has 0 spiro atoms. The fourth-order valence-corrected chi connectivity index (χ4v) is 2.88. The SMILES string of the molecule is C=C1C(=O)O[C@@H]2C[C@H](C)C(CCC(C)O)=CC[C@H]12. The maximum Gasteiger partial charge on any atom is 0.334 e. The molecule has 1 N–H and O–H groups in total. The highest BCUT2D eigenvalue weighted by Gasteiger charge is 2.40. The Morgan fingerprint density at radius 3 is 3.00 bits per heavy atom. The van der Waals surface area contributed by atoms with Gasteiger partial charge in [-0.3, -0.25) is 0 Å². The van der Waals surface area contributed by atoms with Gasteiger partial charge in [0.15, 0.2) is 0 Å². The minimum atomic E-state index is -0.256. The van der Waals surface area contributed by atoms with E-state index in [-0.39, 0.29) is 24.1 Å². The lowest BCUT2D eigenvalue weighted by atomic mass is 9.90. The number of rotatable bonds is 3. The summed E-state index contributed by atoms with van der Waals surface area (Å²) in [5.41, 5.74) is 2.01. The van der Waals surface area contributed by atoms with Crippen LogP contribution in [0.3, 0.4) is 0 Å². The molecule has 4 atom stereocenters. The van der Waals surface area contributed by atoms with Crippen molar-refractivity contribution >= 4 is 5.97 Å². The van der Waals surface area contributed by atoms with Gasteiger partial charge < -0.3 is 9.84 Å². The van der Waals surface area contributed by atoms with Crippen LogP contribution in [-0.4, -0.2) is 23.3 Å². The van der Waals surface area contributed by atoms with Gasteiger partial charge in [-0.25, -0.2) is 4.79 Å². The van der Waals surface area contributed by atoms with E-state index in [1.165, 1.54) is 5.57 Å². The molecule has 1 aliphatic heterocycles. The van der Waals surface area contributed by atoms with Crippen LogP contribution >= 0.6 is 0 Å². The second-order valence-electron chi connectivity index (χ2n) is 5.61. The normalized spacial score (nSPS) is 33.5. The third kappa shape index (κ3) is 2.66. The Labute approximate surface area is 109 Å². The van der Waals surface area contributed by atoms with E-state index in [2.05, 4.69) is 19.6 Å². The van der Waals surface area contributed by atoms with Gasteiger partial charge in [0.05, 0.1) is 6.10 Å². The number of ether oxygens (including phenoxy) is 1. The highest BCUT2D eigenvalue weighted by Crippen LogP contribution is 2.39. The summed E-state index contributed by atoms with van der Waals surface area (Å²) < 4.78 is 5.38. The first-order valence-corrected chi connectivity index (χ1v) is 6.75. The summed E-state index contributed by atoms with van der Waals surface area (Å²) in [6, 6.07) is 0. The van der Waals surface area contributed by atoms with Crippen molar-refractivity contribution in [3.05, 3.63) is 23.8 Å². The van der Waals surface area contributed by atoms with Gasteiger partial charge in [-0.05, 0) is 38.5 Å². The molecular formula is C15H22O3. The lowest BCUT2D eigenvalue weighted by molar-refractivity contribution is -0.139. The topological polar surface area (TPSA) is 46.5 Å². The molecule has 0 saturated carbocycles. The van der Waals surface area contributed by atoms with Crippen LogP contribution in [0, 0.1) is 11.8 Å². The molecule has 0 aromatic heterocycles. The van der Waals surface area contributed by atoms with Crippen molar-refractivity contribution in [3.8, 4) is 0 Å². The van der Waals surface area contributed by atoms with Crippen molar-refractivity contribution < 1.29 is 14.6 Å². The van der Waals surface area contributed by atoms with E-state index in [4.69, 9.17) is 4.74 Å². The standard InChI is InChI=1S/C15H22O3/c1-9-8-14-13(11(3)15(17)18-14)7-6-12(9)5-4-10(2)16/h6,9-10,13-14,16H,3-5,7-8H2,1-2H3/t9-,10?,13+,14+/m0/s1. The number of carbonyl (C=O) groups excluding carboxylic acids is 1. The van der Waals surface area contributed by atoms with Gasteiger partial charge in [0.25, 0.3) is 0 Å². The van der Waals surface area contributed by atoms with Crippen LogP contribution in [-0.2, 0) is 9.53 Å². The van der Waals surface area contributed by atoms with E-state index in [9.17, 15) is 9.90 Å². The highest BCUT2D eigenvalue weighted by atomic mass is 16.6. The van der Waals surface area contributed by atoms with Crippen LogP contribution in [0.2, 0.25) is 0 Å². The smallest absolute Gasteiger partial charge is 0.334 e. The molecule has 3 heteroatoms. The number of esters is 1. The van der Waals surface area contributed by atoms with Gasteiger partial charge in [-0.2, -0.15) is 0 Å². The quantitative estimate of drug-likeness (QED) is 0.476. The third-order valence-corrected chi connectivity index (χ3v) is 4.12. The molecule has 1 saturated heterocycles. The first-order chi connectivity index (χ1) is 8.49. The van der Waals surface area contributed by atoms with Gasteiger partial charge in [0.2, 0.25) is 0 Å². The Hall–Kier alpha value is -1.09. The van der Waals surface area contributed by atoms with Crippen LogP contribution in [0.15, 0.2) is 23.8 Å². The van der Waals surface area contributed by atoms with Crippen molar-refractivity contribution in [2.45, 2.75) is 51.7 Å². The molecular weight excluding hydrogens is 228 g/mol. The van der Waals surface area contributed by atoms with E-state index >= 15 is 0 Å². The molecule has 2 aliphatic rings. The zero-order valence-electron chi connectivity index (χ0n) is 11.2. The molecule has 0 bridgehead atoms. The Kier molecular flexibility index (Phi) is 3.91. The van der Waals surface area contributed by atoms with Crippen molar-refractivity contribution in [2.75, 3.05) is 0 Å². The number of aliphatic hydroxyl groups is 1. The molecule has 0 amide bonds. The molecule has 1 fully saturated rings. The zero-order chi connectivity index (χ0) is 13.3. The largest absolute Gasteiger partial charge is 0.458 e. The number of aliphatic hydroxyl groups excluding tert-OH is 1. The van der Waals surface area contributed by atoms with Gasteiger partial charge in [0, 0.05) is 11.5 Å². The van der Waals surface area contributed by atoms with Gasteiger partial charge >= 0.3 is 5.97 Å². The molecule has 2 rings (SSSR count). The molecule has 0 aromatic carbocycles. The van der Waals surface area contributed by atoms with E-state index < -0.39 is 0 Å². The molecule has 100 valence electrons. The number of carbonyl (C=O) groups is 1. The summed E-state index contributed by atoms with van der Waals surface area (Å²) in [7, 11) is 0. The second kappa shape index (κ2) is 5.27. The Bertz CT molecular complexity index is 381. The molecule has 0 aromatic rings. The van der Waals surface area contributed by atoms with E-state index in [1.54, 1.807) is 0 Å². The summed E-state index contributed by atoms with van der Waals surface area (Å²) in [4.78, 5) is 11.5. The van der Waals surface area contributed by atoms with Crippen molar-refractivity contribution in [3.63, 3.8) is 0 Å². The van der Waals surface area contributed by atoms with Gasteiger partial charge in [-0.15, -0.1) is 0 Å². The highest BCUT2D eigenvalue weighted by molar-refractivity contribution is 5.90. The summed E-state index contributed by atoms with van der Waals surface area (Å²) in [5.74, 6) is 0.347. The average Bonchev–Trinajstić information content (AvgIpc) is 2.46. The first-order valence-electron chi connectivity index (χ1n) is 6.75. The van der Waals surface area contributed by atoms with Crippen LogP contribution in [0.1, 0.15) is 39.5 Å². The maximum atomic E-state index is 11.5. The lowest BCUT2D eigenvalue weighted by Gasteiger charge is -2.18. The molecule has 3 nitrogen and oxygen atoms in total. The molecule has 0 radical (unpaired) electrons. The fraction of sp³-hybridized carbons (Fsp3) is 0.667. The van der Waals surface area contributed by atoms with Crippen LogP contribution in [0.4, 0.5) is 0 Å². The van der Waals surface area contributed by atoms with Crippen molar-refractivity contribution in [2.24, 2.45) is 11.8 Å². The monoisotopic (exact) mass is 250 g/mol. The van der Waals surface area contributed by atoms with E-state index in [0.29, 0.717) is 11.5 Å². The third-order valence-electron chi connectivity index (χ3n) is 4.12. The zero-order valence-corrected chi connectivity index (χ0v) is 11.2. The Balaban J connectivity index is 2.06. The number of hydrogen-bond donors (Lipinski definition) is 1. The number of hydrogen-bond acceptors (Lipinski definition) is 3. The van der Waals surface area contributed by atoms with Crippen LogP contribution < -0.4 is 0 Å². The maximum absolute atomic E-state index is 11.5. The van der Waals surface area contributed by atoms with Crippen molar-refractivity contribution in [1.82, 2.24) is 0 Å². The summed E-state index contributed by atoms with van der Waals surface area (Å²) in [6.45, 7) is 7.83. The first kappa shape index (κ1) is 13.3. The van der Waals surface area contributed by atoms with Crippen LogP contribution in [0.25, 0.3) is 0 Å². The second-order valence-corrected chi connectivity index (χ2v) is 5.61. The lowest BCUT2D eigenvalue weighted by Crippen LogP contribution is -2.17. The minimum Gasteiger partial charge on any atom is -0.458 e. The molecule has 18 heavy (non-hydrogen) atoms. The average molecular weight is 250 g/mol. The Morgan fingerprint density at radius 2 is 2.33 bits per heavy atom. The van der Waals surface area contributed by atoms with E-state index in [1.807, 2.05) is 6.92 Å². The van der Waals surface area contributed by atoms with Crippen molar-refractivity contribution in [1.29, 1.82) is 0 Å². The number of allylic oxidation sites excluding steroid dienone is 2.